The molecule has 1 atom stereocenters. The minimum Gasteiger partial charge on any atom is -0.399 e. The number of hydrogen-bond acceptors (Lipinski definition) is 3. The molecule has 1 unspecified atom stereocenters. The SMILES string of the molecule is Cc1ccc(N)cc1S(=O)CCOC(F)(F)F. The van der Waals surface area contributed by atoms with Crippen LogP contribution in [-0.4, -0.2) is 22.9 Å². The maximum absolute atomic E-state index is 11.7. The molecule has 0 spiro atoms. The molecule has 0 heterocycles. The summed E-state index contributed by atoms with van der Waals surface area (Å²) in [4.78, 5) is 0.441. The Morgan fingerprint density at radius 1 is 1.41 bits per heavy atom. The molecule has 0 fully saturated rings. The van der Waals surface area contributed by atoms with E-state index in [1.165, 1.54) is 6.07 Å². The summed E-state index contributed by atoms with van der Waals surface area (Å²) in [5.74, 6) is -0.218. The number of anilines is 1. The van der Waals surface area contributed by atoms with Crippen LogP contribution in [0.5, 0.6) is 0 Å². The van der Waals surface area contributed by atoms with Crippen molar-refractivity contribution in [3.05, 3.63) is 23.8 Å². The molecular weight excluding hydrogens is 255 g/mol. The fourth-order valence-electron chi connectivity index (χ4n) is 1.21. The van der Waals surface area contributed by atoms with Crippen LogP contribution >= 0.6 is 0 Å². The molecule has 3 nitrogen and oxygen atoms in total. The highest BCUT2D eigenvalue weighted by molar-refractivity contribution is 7.85. The van der Waals surface area contributed by atoms with Crippen LogP contribution in [0.4, 0.5) is 18.9 Å². The van der Waals surface area contributed by atoms with Crippen molar-refractivity contribution in [2.75, 3.05) is 18.1 Å². The molecule has 0 amide bonds. The van der Waals surface area contributed by atoms with E-state index >= 15 is 0 Å². The number of rotatable bonds is 4. The molecule has 2 N–H and O–H groups in total. The Morgan fingerprint density at radius 2 is 2.06 bits per heavy atom. The fraction of sp³-hybridized carbons (Fsp3) is 0.400. The van der Waals surface area contributed by atoms with Gasteiger partial charge in [0.05, 0.1) is 23.2 Å². The number of aryl methyl sites for hydroxylation is 1. The molecule has 0 radical (unpaired) electrons. The highest BCUT2D eigenvalue weighted by Gasteiger charge is 2.29. The minimum atomic E-state index is -4.69. The predicted molar refractivity (Wildman–Crippen MR) is 58.9 cm³/mol. The Kier molecular flexibility index (Phi) is 4.53. The highest BCUT2D eigenvalue weighted by atomic mass is 32.2. The lowest BCUT2D eigenvalue weighted by molar-refractivity contribution is -0.322. The molecule has 0 aromatic heterocycles. The number of nitrogens with two attached hydrogens (primary N) is 1. The van der Waals surface area contributed by atoms with Crippen molar-refractivity contribution < 1.29 is 22.1 Å². The normalized spacial score (nSPS) is 13.6. The van der Waals surface area contributed by atoms with Gasteiger partial charge in [-0.05, 0) is 24.6 Å². The molecule has 7 heteroatoms. The molecule has 0 bridgehead atoms. The highest BCUT2D eigenvalue weighted by Crippen LogP contribution is 2.19. The van der Waals surface area contributed by atoms with Crippen molar-refractivity contribution in [1.82, 2.24) is 0 Å². The predicted octanol–water partition coefficient (Wildman–Crippen LogP) is 2.22. The van der Waals surface area contributed by atoms with Gasteiger partial charge in [0.2, 0.25) is 0 Å². The van der Waals surface area contributed by atoms with Crippen LogP contribution in [0.25, 0.3) is 0 Å². The summed E-state index contributed by atoms with van der Waals surface area (Å²) in [7, 11) is -1.54. The van der Waals surface area contributed by atoms with Gasteiger partial charge in [0.25, 0.3) is 0 Å². The summed E-state index contributed by atoms with van der Waals surface area (Å²) in [5, 5.41) is 0. The van der Waals surface area contributed by atoms with E-state index in [0.717, 1.165) is 5.56 Å². The average Bonchev–Trinajstić information content (AvgIpc) is 2.19. The second-order valence-electron chi connectivity index (χ2n) is 3.37. The first-order valence-electron chi connectivity index (χ1n) is 4.75. The van der Waals surface area contributed by atoms with Crippen LogP contribution in [0.2, 0.25) is 0 Å². The fourth-order valence-corrected chi connectivity index (χ4v) is 2.35. The van der Waals surface area contributed by atoms with Gasteiger partial charge in [-0.25, -0.2) is 0 Å². The van der Waals surface area contributed by atoms with Gasteiger partial charge in [0, 0.05) is 10.6 Å². The quantitative estimate of drug-likeness (QED) is 0.851. The van der Waals surface area contributed by atoms with E-state index in [-0.39, 0.29) is 5.75 Å². The minimum absolute atomic E-state index is 0.218. The Labute approximate surface area is 99.2 Å². The van der Waals surface area contributed by atoms with Gasteiger partial charge < -0.3 is 5.73 Å². The Bertz CT molecular complexity index is 421. The maximum Gasteiger partial charge on any atom is 0.522 e. The van der Waals surface area contributed by atoms with Crippen LogP contribution in [0, 0.1) is 6.92 Å². The van der Waals surface area contributed by atoms with Gasteiger partial charge in [-0.15, -0.1) is 13.2 Å². The molecule has 0 saturated heterocycles. The zero-order chi connectivity index (χ0) is 13.1. The summed E-state index contributed by atoms with van der Waals surface area (Å²) in [6.07, 6.45) is -4.69. The third kappa shape index (κ3) is 4.74. The second kappa shape index (κ2) is 5.50. The molecule has 96 valence electrons. The van der Waals surface area contributed by atoms with Gasteiger partial charge in [0.1, 0.15) is 0 Å². The first-order chi connectivity index (χ1) is 7.79. The Hall–Kier alpha value is -1.08. The van der Waals surface area contributed by atoms with Crippen LogP contribution in [0.3, 0.4) is 0 Å². The van der Waals surface area contributed by atoms with E-state index in [4.69, 9.17) is 5.73 Å². The van der Waals surface area contributed by atoms with Crippen molar-refractivity contribution in [3.8, 4) is 0 Å². The molecule has 1 aromatic rings. The van der Waals surface area contributed by atoms with E-state index in [1.54, 1.807) is 19.1 Å². The van der Waals surface area contributed by atoms with Crippen LogP contribution in [-0.2, 0) is 15.5 Å². The van der Waals surface area contributed by atoms with Gasteiger partial charge in [-0.2, -0.15) is 0 Å². The maximum atomic E-state index is 11.7. The van der Waals surface area contributed by atoms with Crippen LogP contribution in [0.15, 0.2) is 23.1 Å². The largest absolute Gasteiger partial charge is 0.522 e. The number of alkyl halides is 3. The Balaban J connectivity index is 2.61. The first-order valence-corrected chi connectivity index (χ1v) is 6.06. The molecule has 17 heavy (non-hydrogen) atoms. The molecule has 0 saturated carbocycles. The molecule has 0 aliphatic heterocycles. The number of nitrogen functional groups attached to an aromatic ring is 1. The van der Waals surface area contributed by atoms with Crippen molar-refractivity contribution >= 4 is 16.5 Å². The first kappa shape index (κ1) is 14.0. The summed E-state index contributed by atoms with van der Waals surface area (Å²) in [6, 6.07) is 4.81. The number of benzene rings is 1. The topological polar surface area (TPSA) is 52.3 Å². The van der Waals surface area contributed by atoms with Crippen molar-refractivity contribution in [2.45, 2.75) is 18.2 Å². The molecule has 1 rings (SSSR count). The summed E-state index contributed by atoms with van der Waals surface area (Å²) < 4.78 is 50.4. The van der Waals surface area contributed by atoms with E-state index in [0.29, 0.717) is 10.6 Å². The third-order valence-corrected chi connectivity index (χ3v) is 3.46. The van der Waals surface area contributed by atoms with E-state index < -0.39 is 23.8 Å². The van der Waals surface area contributed by atoms with E-state index in [9.17, 15) is 17.4 Å². The second-order valence-corrected chi connectivity index (χ2v) is 4.91. The summed E-state index contributed by atoms with van der Waals surface area (Å²) in [5.41, 5.74) is 6.67. The van der Waals surface area contributed by atoms with Gasteiger partial charge in [-0.3, -0.25) is 8.95 Å². The summed E-state index contributed by atoms with van der Waals surface area (Å²) >= 11 is 0. The standard InChI is InChI=1S/C10H12F3NO2S/c1-7-2-3-8(14)6-9(7)17(15)5-4-16-10(11,12)13/h2-3,6H,4-5,14H2,1H3. The lowest BCUT2D eigenvalue weighted by atomic mass is 10.2. The summed E-state index contributed by atoms with van der Waals surface area (Å²) in [6.45, 7) is 1.08. The van der Waals surface area contributed by atoms with Crippen LogP contribution < -0.4 is 5.73 Å². The van der Waals surface area contributed by atoms with Crippen molar-refractivity contribution in [1.29, 1.82) is 0 Å². The third-order valence-electron chi connectivity index (χ3n) is 1.99. The molecular formula is C10H12F3NO2S. The zero-order valence-electron chi connectivity index (χ0n) is 9.08. The zero-order valence-corrected chi connectivity index (χ0v) is 9.90. The molecule has 0 aliphatic carbocycles. The van der Waals surface area contributed by atoms with Gasteiger partial charge >= 0.3 is 6.36 Å². The Morgan fingerprint density at radius 3 is 2.65 bits per heavy atom. The number of hydrogen-bond donors (Lipinski definition) is 1. The lowest BCUT2D eigenvalue weighted by Gasteiger charge is -2.09. The number of halogens is 3. The van der Waals surface area contributed by atoms with E-state index in [2.05, 4.69) is 4.74 Å². The molecule has 1 aromatic carbocycles. The lowest BCUT2D eigenvalue weighted by Crippen LogP contribution is -2.18. The van der Waals surface area contributed by atoms with E-state index in [1.807, 2.05) is 0 Å². The average molecular weight is 267 g/mol. The number of ether oxygens (including phenoxy) is 1. The van der Waals surface area contributed by atoms with Gasteiger partial charge in [-0.1, -0.05) is 6.07 Å². The van der Waals surface area contributed by atoms with Gasteiger partial charge in [0.15, 0.2) is 0 Å². The monoisotopic (exact) mass is 267 g/mol. The van der Waals surface area contributed by atoms with Crippen molar-refractivity contribution in [2.24, 2.45) is 0 Å². The molecule has 0 aliphatic rings. The smallest absolute Gasteiger partial charge is 0.399 e. The van der Waals surface area contributed by atoms with Crippen molar-refractivity contribution in [3.63, 3.8) is 0 Å². The van der Waals surface area contributed by atoms with Crippen LogP contribution in [0.1, 0.15) is 5.56 Å².